The molecule has 2 N–H and O–H groups in total. The van der Waals surface area contributed by atoms with Crippen LogP contribution in [-0.2, 0) is 0 Å². The van der Waals surface area contributed by atoms with Crippen molar-refractivity contribution in [3.63, 3.8) is 0 Å². The van der Waals surface area contributed by atoms with Crippen LogP contribution in [0.15, 0.2) is 41.1 Å². The molecule has 88 valence electrons. The minimum absolute atomic E-state index is 0.125. The summed E-state index contributed by atoms with van der Waals surface area (Å²) in [4.78, 5) is 4.19. The zero-order valence-corrected chi connectivity index (χ0v) is 11.5. The van der Waals surface area contributed by atoms with Crippen molar-refractivity contribution in [2.75, 3.05) is 0 Å². The summed E-state index contributed by atoms with van der Waals surface area (Å²) >= 11 is 3.53. The summed E-state index contributed by atoms with van der Waals surface area (Å²) in [5.41, 5.74) is 10.8. The molecule has 0 amide bonds. The summed E-state index contributed by atoms with van der Waals surface area (Å²) in [5, 5.41) is 0. The molecule has 1 atom stereocenters. The molecular formula is C14H15BrN2. The van der Waals surface area contributed by atoms with E-state index < -0.39 is 0 Å². The van der Waals surface area contributed by atoms with E-state index in [2.05, 4.69) is 40.0 Å². The smallest absolute Gasteiger partial charge is 0.0570 e. The highest BCUT2D eigenvalue weighted by Crippen LogP contribution is 2.27. The highest BCUT2D eigenvalue weighted by molar-refractivity contribution is 9.10. The Kier molecular flexibility index (Phi) is 3.60. The molecule has 0 spiro atoms. The summed E-state index contributed by atoms with van der Waals surface area (Å²) in [6.45, 7) is 4.10. The Morgan fingerprint density at radius 1 is 1.24 bits per heavy atom. The Labute approximate surface area is 110 Å². The second-order valence-electron chi connectivity index (χ2n) is 4.23. The van der Waals surface area contributed by atoms with E-state index in [0.717, 1.165) is 21.2 Å². The number of halogens is 1. The van der Waals surface area contributed by atoms with Crippen molar-refractivity contribution in [2.45, 2.75) is 19.9 Å². The highest BCUT2D eigenvalue weighted by atomic mass is 79.9. The van der Waals surface area contributed by atoms with Crippen LogP contribution in [0.1, 0.15) is 28.3 Å². The van der Waals surface area contributed by atoms with Crippen LogP contribution < -0.4 is 5.73 Å². The van der Waals surface area contributed by atoms with E-state index in [1.807, 2.05) is 31.5 Å². The van der Waals surface area contributed by atoms with Gasteiger partial charge in [0.05, 0.1) is 6.04 Å². The van der Waals surface area contributed by atoms with E-state index in [9.17, 15) is 0 Å². The van der Waals surface area contributed by atoms with Gasteiger partial charge in [0.15, 0.2) is 0 Å². The monoisotopic (exact) mass is 290 g/mol. The van der Waals surface area contributed by atoms with Crippen molar-refractivity contribution in [3.05, 3.63) is 63.4 Å². The maximum atomic E-state index is 6.29. The van der Waals surface area contributed by atoms with Gasteiger partial charge in [-0.05, 0) is 42.2 Å². The van der Waals surface area contributed by atoms with Gasteiger partial charge in [0.1, 0.15) is 0 Å². The first kappa shape index (κ1) is 12.3. The van der Waals surface area contributed by atoms with Crippen molar-refractivity contribution in [1.29, 1.82) is 0 Å². The standard InChI is InChI=1S/C14H15BrN2/c1-9-6-11(8-17-7-9)14(16)12-4-3-5-13(15)10(12)2/h3-8,14H,16H2,1-2H3. The molecule has 0 bridgehead atoms. The summed E-state index contributed by atoms with van der Waals surface area (Å²) in [6.07, 6.45) is 3.67. The quantitative estimate of drug-likeness (QED) is 0.919. The molecule has 2 rings (SSSR count). The van der Waals surface area contributed by atoms with Crippen molar-refractivity contribution >= 4 is 15.9 Å². The summed E-state index contributed by atoms with van der Waals surface area (Å²) in [6, 6.07) is 8.06. The average Bonchev–Trinajstić information content (AvgIpc) is 2.32. The average molecular weight is 291 g/mol. The maximum Gasteiger partial charge on any atom is 0.0570 e. The van der Waals surface area contributed by atoms with E-state index in [-0.39, 0.29) is 6.04 Å². The SMILES string of the molecule is Cc1cncc(C(N)c2cccc(Br)c2C)c1. The molecule has 17 heavy (non-hydrogen) atoms. The van der Waals surface area contributed by atoms with Gasteiger partial charge in [0.2, 0.25) is 0 Å². The van der Waals surface area contributed by atoms with Gasteiger partial charge in [-0.25, -0.2) is 0 Å². The lowest BCUT2D eigenvalue weighted by atomic mass is 9.96. The zero-order chi connectivity index (χ0) is 12.4. The molecule has 0 fully saturated rings. The third-order valence-electron chi connectivity index (χ3n) is 2.90. The third-order valence-corrected chi connectivity index (χ3v) is 3.76. The first-order valence-electron chi connectivity index (χ1n) is 5.51. The van der Waals surface area contributed by atoms with Crippen LogP contribution in [0.2, 0.25) is 0 Å². The Morgan fingerprint density at radius 3 is 2.71 bits per heavy atom. The molecule has 1 unspecified atom stereocenters. The summed E-state index contributed by atoms with van der Waals surface area (Å²) < 4.78 is 1.09. The summed E-state index contributed by atoms with van der Waals surface area (Å²) in [5.74, 6) is 0. The Morgan fingerprint density at radius 2 is 2.00 bits per heavy atom. The van der Waals surface area contributed by atoms with Gasteiger partial charge in [0.25, 0.3) is 0 Å². The number of aromatic nitrogens is 1. The van der Waals surface area contributed by atoms with Crippen molar-refractivity contribution < 1.29 is 0 Å². The minimum atomic E-state index is -0.125. The van der Waals surface area contributed by atoms with Crippen LogP contribution in [0.5, 0.6) is 0 Å². The number of nitrogens with zero attached hydrogens (tertiary/aromatic N) is 1. The lowest BCUT2D eigenvalue weighted by Gasteiger charge is -2.16. The fraction of sp³-hybridized carbons (Fsp3) is 0.214. The topological polar surface area (TPSA) is 38.9 Å². The van der Waals surface area contributed by atoms with Crippen LogP contribution in [0.4, 0.5) is 0 Å². The zero-order valence-electron chi connectivity index (χ0n) is 9.94. The van der Waals surface area contributed by atoms with Gasteiger partial charge in [-0.2, -0.15) is 0 Å². The van der Waals surface area contributed by atoms with E-state index in [4.69, 9.17) is 5.73 Å². The molecule has 2 aromatic rings. The predicted molar refractivity (Wildman–Crippen MR) is 73.9 cm³/mol. The largest absolute Gasteiger partial charge is 0.320 e. The van der Waals surface area contributed by atoms with Gasteiger partial charge in [-0.1, -0.05) is 34.1 Å². The highest BCUT2D eigenvalue weighted by Gasteiger charge is 2.13. The molecule has 1 aromatic heterocycles. The molecule has 1 aromatic carbocycles. The maximum absolute atomic E-state index is 6.29. The molecule has 0 saturated carbocycles. The van der Waals surface area contributed by atoms with Gasteiger partial charge in [-0.3, -0.25) is 4.98 Å². The minimum Gasteiger partial charge on any atom is -0.320 e. The van der Waals surface area contributed by atoms with Gasteiger partial charge in [-0.15, -0.1) is 0 Å². The molecule has 0 radical (unpaired) electrons. The molecule has 1 heterocycles. The lowest BCUT2D eigenvalue weighted by molar-refractivity contribution is 0.850. The van der Waals surface area contributed by atoms with Crippen LogP contribution in [0.3, 0.4) is 0 Å². The van der Waals surface area contributed by atoms with Crippen molar-refractivity contribution in [1.82, 2.24) is 4.98 Å². The number of hydrogen-bond donors (Lipinski definition) is 1. The number of aryl methyl sites for hydroxylation is 1. The lowest BCUT2D eigenvalue weighted by Crippen LogP contribution is -2.13. The molecule has 2 nitrogen and oxygen atoms in total. The first-order chi connectivity index (χ1) is 8.09. The molecular weight excluding hydrogens is 276 g/mol. The first-order valence-corrected chi connectivity index (χ1v) is 6.31. The predicted octanol–water partition coefficient (Wildman–Crippen LogP) is 3.51. The van der Waals surface area contributed by atoms with Gasteiger partial charge >= 0.3 is 0 Å². The Hall–Kier alpha value is -1.19. The third kappa shape index (κ3) is 2.56. The number of pyridine rings is 1. The van der Waals surface area contributed by atoms with Gasteiger partial charge in [0, 0.05) is 16.9 Å². The fourth-order valence-corrected chi connectivity index (χ4v) is 2.27. The molecule has 0 aliphatic heterocycles. The van der Waals surface area contributed by atoms with E-state index >= 15 is 0 Å². The Balaban J connectivity index is 2.44. The van der Waals surface area contributed by atoms with Crippen LogP contribution in [0, 0.1) is 13.8 Å². The second kappa shape index (κ2) is 4.98. The number of benzene rings is 1. The number of hydrogen-bond acceptors (Lipinski definition) is 2. The second-order valence-corrected chi connectivity index (χ2v) is 5.08. The molecule has 0 aliphatic rings. The van der Waals surface area contributed by atoms with Crippen LogP contribution in [-0.4, -0.2) is 4.98 Å². The molecule has 0 saturated heterocycles. The van der Waals surface area contributed by atoms with E-state index in [1.54, 1.807) is 0 Å². The fourth-order valence-electron chi connectivity index (χ4n) is 1.89. The van der Waals surface area contributed by atoms with Crippen LogP contribution in [0.25, 0.3) is 0 Å². The van der Waals surface area contributed by atoms with Crippen LogP contribution >= 0.6 is 15.9 Å². The molecule has 3 heteroatoms. The van der Waals surface area contributed by atoms with Gasteiger partial charge < -0.3 is 5.73 Å². The van der Waals surface area contributed by atoms with E-state index in [0.29, 0.717) is 0 Å². The summed E-state index contributed by atoms with van der Waals surface area (Å²) in [7, 11) is 0. The number of rotatable bonds is 2. The number of nitrogens with two attached hydrogens (primary N) is 1. The Bertz CT molecular complexity index is 537. The molecule has 0 aliphatic carbocycles. The van der Waals surface area contributed by atoms with Crippen molar-refractivity contribution in [3.8, 4) is 0 Å². The van der Waals surface area contributed by atoms with E-state index in [1.165, 1.54) is 5.56 Å². The normalized spacial score (nSPS) is 12.5. The van der Waals surface area contributed by atoms with Crippen molar-refractivity contribution in [2.24, 2.45) is 5.73 Å².